The predicted octanol–water partition coefficient (Wildman–Crippen LogP) is 2.01. The zero-order valence-corrected chi connectivity index (χ0v) is 11.3. The van der Waals surface area contributed by atoms with E-state index in [0.29, 0.717) is 5.69 Å². The van der Waals surface area contributed by atoms with Crippen LogP contribution < -0.4 is 21.5 Å². The minimum absolute atomic E-state index is 0.172. The van der Waals surface area contributed by atoms with E-state index in [-0.39, 0.29) is 11.4 Å². The van der Waals surface area contributed by atoms with Gasteiger partial charge in [0.05, 0.1) is 11.9 Å². The Labute approximate surface area is 117 Å². The molecule has 2 aromatic rings. The van der Waals surface area contributed by atoms with Crippen LogP contribution in [0.1, 0.15) is 11.3 Å². The molecule has 0 aliphatic carbocycles. The second-order valence-corrected chi connectivity index (χ2v) is 4.63. The monoisotopic (exact) mass is 299 g/mol. The third kappa shape index (κ3) is 3.21. The Bertz CT molecular complexity index is 746. The number of halogens is 3. The van der Waals surface area contributed by atoms with E-state index < -0.39 is 23.6 Å². The van der Waals surface area contributed by atoms with Crippen molar-refractivity contribution in [2.45, 2.75) is 20.0 Å². The minimum atomic E-state index is -4.47. The summed E-state index contributed by atoms with van der Waals surface area (Å²) in [6.07, 6.45) is -3.04. The summed E-state index contributed by atoms with van der Waals surface area (Å²) in [5.74, 6) is 0. The van der Waals surface area contributed by atoms with Gasteiger partial charge in [0.15, 0.2) is 0 Å². The number of hydrogen-bond donors (Lipinski definition) is 2. The summed E-state index contributed by atoms with van der Waals surface area (Å²) in [5, 5.41) is 4.57. The molecule has 0 saturated carbocycles. The SMILES string of the molecule is Cc1cc(Nc2c(NCC(F)(F)F)c(=O)c2=O)cnc1C. The number of aromatic nitrogens is 1. The first-order valence-electron chi connectivity index (χ1n) is 6.03. The van der Waals surface area contributed by atoms with Crippen LogP contribution in [-0.2, 0) is 0 Å². The van der Waals surface area contributed by atoms with E-state index in [1.165, 1.54) is 6.20 Å². The molecule has 0 bridgehead atoms. The van der Waals surface area contributed by atoms with Gasteiger partial charge in [-0.2, -0.15) is 13.2 Å². The maximum atomic E-state index is 12.1. The molecule has 0 aliphatic rings. The summed E-state index contributed by atoms with van der Waals surface area (Å²) in [4.78, 5) is 26.8. The molecular formula is C13H12F3N3O2. The van der Waals surface area contributed by atoms with E-state index in [1.54, 1.807) is 19.9 Å². The predicted molar refractivity (Wildman–Crippen MR) is 72.9 cm³/mol. The number of hydrogen-bond acceptors (Lipinski definition) is 5. The molecule has 8 heteroatoms. The Morgan fingerprint density at radius 1 is 1.14 bits per heavy atom. The second-order valence-electron chi connectivity index (χ2n) is 4.63. The highest BCUT2D eigenvalue weighted by Crippen LogP contribution is 2.23. The minimum Gasteiger partial charge on any atom is -0.371 e. The highest BCUT2D eigenvalue weighted by Gasteiger charge is 2.30. The van der Waals surface area contributed by atoms with Crippen LogP contribution in [0.2, 0.25) is 0 Å². The van der Waals surface area contributed by atoms with Crippen LogP contribution >= 0.6 is 0 Å². The van der Waals surface area contributed by atoms with Gasteiger partial charge in [-0.25, -0.2) is 0 Å². The van der Waals surface area contributed by atoms with Crippen LogP contribution in [0.15, 0.2) is 21.9 Å². The molecule has 0 spiro atoms. The average Bonchev–Trinajstić information content (AvgIpc) is 2.40. The molecular weight excluding hydrogens is 287 g/mol. The Morgan fingerprint density at radius 2 is 1.76 bits per heavy atom. The molecule has 2 N–H and O–H groups in total. The number of aryl methyl sites for hydroxylation is 2. The molecule has 0 amide bonds. The largest absolute Gasteiger partial charge is 0.405 e. The first-order valence-corrected chi connectivity index (χ1v) is 6.03. The Hall–Kier alpha value is -2.38. The van der Waals surface area contributed by atoms with E-state index in [0.717, 1.165) is 11.3 Å². The Kier molecular flexibility index (Phi) is 3.71. The molecule has 0 aliphatic heterocycles. The molecule has 0 radical (unpaired) electrons. The van der Waals surface area contributed by atoms with Crippen molar-refractivity contribution in [3.05, 3.63) is 44.0 Å². The lowest BCUT2D eigenvalue weighted by atomic mass is 10.1. The highest BCUT2D eigenvalue weighted by molar-refractivity contribution is 5.78. The average molecular weight is 299 g/mol. The normalized spacial score (nSPS) is 11.7. The summed E-state index contributed by atoms with van der Waals surface area (Å²) in [6, 6.07) is 1.69. The van der Waals surface area contributed by atoms with Gasteiger partial charge in [-0.1, -0.05) is 0 Å². The van der Waals surface area contributed by atoms with E-state index in [4.69, 9.17) is 0 Å². The van der Waals surface area contributed by atoms with E-state index in [9.17, 15) is 22.8 Å². The molecule has 5 nitrogen and oxygen atoms in total. The first kappa shape index (κ1) is 15.0. The molecule has 112 valence electrons. The van der Waals surface area contributed by atoms with Gasteiger partial charge < -0.3 is 10.6 Å². The fourth-order valence-electron chi connectivity index (χ4n) is 1.72. The molecule has 1 aromatic carbocycles. The maximum absolute atomic E-state index is 12.1. The lowest BCUT2D eigenvalue weighted by molar-refractivity contribution is -0.115. The zero-order valence-electron chi connectivity index (χ0n) is 11.3. The van der Waals surface area contributed by atoms with Crippen molar-refractivity contribution in [1.29, 1.82) is 0 Å². The van der Waals surface area contributed by atoms with Crippen LogP contribution in [0.4, 0.5) is 30.2 Å². The molecule has 0 saturated heterocycles. The van der Waals surface area contributed by atoms with Crippen LogP contribution in [-0.4, -0.2) is 17.7 Å². The van der Waals surface area contributed by atoms with Gasteiger partial charge in [0.25, 0.3) is 10.9 Å². The van der Waals surface area contributed by atoms with Crippen molar-refractivity contribution in [2.24, 2.45) is 0 Å². The van der Waals surface area contributed by atoms with Gasteiger partial charge in [0.2, 0.25) is 0 Å². The van der Waals surface area contributed by atoms with Gasteiger partial charge in [0, 0.05) is 5.69 Å². The van der Waals surface area contributed by atoms with E-state index in [1.807, 2.05) is 5.32 Å². The smallest absolute Gasteiger partial charge is 0.371 e. The van der Waals surface area contributed by atoms with E-state index >= 15 is 0 Å². The van der Waals surface area contributed by atoms with Crippen LogP contribution in [0.5, 0.6) is 0 Å². The summed E-state index contributed by atoms with van der Waals surface area (Å²) in [6.45, 7) is 2.23. The molecule has 1 heterocycles. The number of pyridine rings is 1. The van der Waals surface area contributed by atoms with Gasteiger partial charge in [-0.3, -0.25) is 14.6 Å². The lowest BCUT2D eigenvalue weighted by Crippen LogP contribution is -2.38. The van der Waals surface area contributed by atoms with Crippen molar-refractivity contribution < 1.29 is 13.2 Å². The van der Waals surface area contributed by atoms with Gasteiger partial charge in [-0.15, -0.1) is 0 Å². The van der Waals surface area contributed by atoms with Crippen LogP contribution in [0.3, 0.4) is 0 Å². The van der Waals surface area contributed by atoms with Crippen molar-refractivity contribution in [3.63, 3.8) is 0 Å². The van der Waals surface area contributed by atoms with Crippen LogP contribution in [0, 0.1) is 13.8 Å². The lowest BCUT2D eigenvalue weighted by Gasteiger charge is -2.16. The molecule has 0 unspecified atom stereocenters. The molecule has 21 heavy (non-hydrogen) atoms. The second kappa shape index (κ2) is 5.19. The van der Waals surface area contributed by atoms with Gasteiger partial charge >= 0.3 is 6.18 Å². The third-order valence-corrected chi connectivity index (χ3v) is 2.99. The van der Waals surface area contributed by atoms with Crippen molar-refractivity contribution in [3.8, 4) is 0 Å². The first-order chi connectivity index (χ1) is 9.69. The molecule has 0 fully saturated rings. The Morgan fingerprint density at radius 3 is 2.33 bits per heavy atom. The summed E-state index contributed by atoms with van der Waals surface area (Å²) < 4.78 is 36.4. The number of rotatable bonds is 4. The van der Waals surface area contributed by atoms with Crippen molar-refractivity contribution >= 4 is 17.1 Å². The fourth-order valence-corrected chi connectivity index (χ4v) is 1.72. The molecule has 2 rings (SSSR count). The van der Waals surface area contributed by atoms with Crippen LogP contribution in [0.25, 0.3) is 0 Å². The summed E-state index contributed by atoms with van der Waals surface area (Å²) in [7, 11) is 0. The highest BCUT2D eigenvalue weighted by atomic mass is 19.4. The fraction of sp³-hybridized carbons (Fsp3) is 0.308. The van der Waals surface area contributed by atoms with E-state index in [2.05, 4.69) is 10.3 Å². The quantitative estimate of drug-likeness (QED) is 0.845. The zero-order chi connectivity index (χ0) is 15.8. The number of anilines is 3. The number of nitrogens with one attached hydrogen (secondary N) is 2. The third-order valence-electron chi connectivity index (χ3n) is 2.99. The van der Waals surface area contributed by atoms with Crippen molar-refractivity contribution in [2.75, 3.05) is 17.2 Å². The van der Waals surface area contributed by atoms with Crippen molar-refractivity contribution in [1.82, 2.24) is 4.98 Å². The summed E-state index contributed by atoms with van der Waals surface area (Å²) in [5.41, 5.74) is -0.258. The number of nitrogens with zero attached hydrogens (tertiary/aromatic N) is 1. The Balaban J connectivity index is 2.21. The maximum Gasteiger partial charge on any atom is 0.405 e. The molecule has 0 atom stereocenters. The molecule has 1 aromatic heterocycles. The van der Waals surface area contributed by atoms with Gasteiger partial charge in [-0.05, 0) is 25.5 Å². The van der Waals surface area contributed by atoms with Gasteiger partial charge in [0.1, 0.15) is 17.9 Å². The summed E-state index contributed by atoms with van der Waals surface area (Å²) >= 11 is 0. The standard InChI is InChI=1S/C13H12F3N3O2/c1-6-3-8(4-17-7(6)2)19-10-9(11(20)12(10)21)18-5-13(14,15)16/h3-4,18-19H,5H2,1-2H3. The number of alkyl halides is 3. The topological polar surface area (TPSA) is 71.1 Å².